The molecule has 0 spiro atoms. The highest BCUT2D eigenvalue weighted by atomic mass is 32.3. The standard InChI is InChI=1S/2C19H17S.2C18H15S.C14H31N2O4S2.C9H11F9N3O6S3.C9H13NO.C6H13NO/c2*1-16-12-14-19(15-13-16)20(17-8-4-2-5-9-17)18-10-6-3-7-11-18;2*1-4-10-16(11-5-1)19(17-12-6-2-7-13-17)18-14-8-3-9-15-18;1-4-5-6-7-8-10-13-21(17,18)15-22(19,20)14-11-9-12-16(2)3;1-20-2-4-21(5-3-20)30(26,27)8(14,15)6(10,11)7(12,13)28(22,23)19-29(24,25)9(16,17)18;1-10(2)8-4-6-9(11-3)7-5-8;1-8-6-2-4-7-5-3-6/h2*2-15H,1H3;2*1-15H;4-14H2,1-3H3;2-5H2,1H3;4-7H,1-3H3;6-7H,2-5H2,1H3/q4*+1;2*-1;;. The summed E-state index contributed by atoms with van der Waals surface area (Å²) in [5.41, 5.74) is -2.87. The van der Waals surface area contributed by atoms with Gasteiger partial charge in [0.15, 0.2) is 78.8 Å². The number of halogens is 9. The van der Waals surface area contributed by atoms with Crippen molar-refractivity contribution in [2.24, 2.45) is 0 Å². The first-order chi connectivity index (χ1) is 70.9. The first kappa shape index (κ1) is 124. The lowest BCUT2D eigenvalue weighted by molar-refractivity contribution is -0.244. The third kappa shape index (κ3) is 39.4. The lowest BCUT2D eigenvalue weighted by Gasteiger charge is -2.39. The van der Waals surface area contributed by atoms with E-state index >= 15 is 0 Å². The van der Waals surface area contributed by atoms with Crippen LogP contribution >= 0.6 is 0 Å². The molecule has 2 heterocycles. The van der Waals surface area contributed by atoms with Gasteiger partial charge in [-0.15, -0.1) is 0 Å². The van der Waals surface area contributed by atoms with Crippen molar-refractivity contribution >= 4 is 99.4 Å². The number of rotatable bonds is 36. The monoisotopic (exact) mass is 2230 g/mol. The molecule has 0 aromatic heterocycles. The summed E-state index contributed by atoms with van der Waals surface area (Å²) in [6, 6.07) is 133. The molecule has 2 aliphatic rings. The number of benzene rings is 13. The first-order valence-corrected chi connectivity index (χ1v) is 60.5. The minimum absolute atomic E-state index is 0.0146. The molecule has 0 atom stereocenters. The van der Waals surface area contributed by atoms with Crippen LogP contribution in [0.3, 0.4) is 0 Å². The molecule has 2 saturated heterocycles. The van der Waals surface area contributed by atoms with Crippen LogP contribution in [0.5, 0.6) is 5.75 Å². The molecule has 0 unspecified atom stereocenters. The number of methoxy groups -OCH3 is 2. The van der Waals surface area contributed by atoms with Crippen molar-refractivity contribution in [2.45, 2.75) is 172 Å². The molecule has 37 heteroatoms. The van der Waals surface area contributed by atoms with Gasteiger partial charge in [-0.3, -0.25) is 0 Å². The van der Waals surface area contributed by atoms with Gasteiger partial charge >= 0.3 is 21.9 Å². The van der Waals surface area contributed by atoms with Gasteiger partial charge in [0.2, 0.25) is 0 Å². The summed E-state index contributed by atoms with van der Waals surface area (Å²) in [7, 11) is -17.1. The summed E-state index contributed by atoms with van der Waals surface area (Å²) >= 11 is 0. The lowest BCUT2D eigenvalue weighted by atomic mass is 10.1. The summed E-state index contributed by atoms with van der Waals surface area (Å²) in [6.07, 6.45) is 9.67. The predicted molar refractivity (Wildman–Crippen MR) is 588 cm³/mol. The molecule has 802 valence electrons. The van der Waals surface area contributed by atoms with Gasteiger partial charge in [-0.25, -0.2) is 42.1 Å². The van der Waals surface area contributed by atoms with Crippen molar-refractivity contribution < 1.29 is 91.1 Å². The van der Waals surface area contributed by atoms with Crippen LogP contribution in [0.1, 0.15) is 82.3 Å². The fourth-order valence-electron chi connectivity index (χ4n) is 14.4. The van der Waals surface area contributed by atoms with E-state index in [0.29, 0.717) is 29.5 Å². The zero-order valence-corrected chi connectivity index (χ0v) is 92.3. The van der Waals surface area contributed by atoms with Gasteiger partial charge in [-0.2, -0.15) is 43.8 Å². The second-order valence-corrected chi connectivity index (χ2v) is 51.8. The molecule has 0 saturated carbocycles. The van der Waals surface area contributed by atoms with E-state index in [1.165, 1.54) is 100 Å². The number of hydrogen-bond donors (Lipinski definition) is 1. The molecule has 2 aliphatic heterocycles. The van der Waals surface area contributed by atoms with Crippen molar-refractivity contribution in [2.75, 3.05) is 112 Å². The Balaban J connectivity index is 0.000000211. The number of unbranched alkanes of at least 4 members (excludes halogenated alkanes) is 6. The SMILES string of the molecule is CCCCCCCCS(=O)(=O)[N-]S(=O)(=O)CCCCN(C)C.CN1CCN(S(=O)(=O)C(F)(F)C(F)(F)C(F)(F)S(=O)(=O)[N-]S(=O)(=O)C(F)(F)F)CC1.COC1CCNCC1.COc1ccc(N(C)C)cc1.Cc1ccc([S+](c2ccccc2)c2ccccc2)cc1.Cc1ccc([S+](c2ccccc2)c2ccccc2)cc1.c1ccc([S+](c2ccccc2)c2ccccc2)cc1.c1ccc([S+](c2ccccc2)c2ccccc2)cc1. The van der Waals surface area contributed by atoms with Crippen LogP contribution in [0.25, 0.3) is 8.25 Å². The Morgan fingerprint density at radius 2 is 0.624 bits per heavy atom. The summed E-state index contributed by atoms with van der Waals surface area (Å²) in [5, 5.41) is -11.0. The smallest absolute Gasteiger partial charge is 0.480 e. The summed E-state index contributed by atoms with van der Waals surface area (Å²) in [4.78, 5) is 21.7. The Kier molecular flexibility index (Phi) is 51.1. The second kappa shape index (κ2) is 61.4. The molecule has 0 radical (unpaired) electrons. The van der Waals surface area contributed by atoms with Crippen LogP contribution in [0, 0.1) is 13.8 Å². The summed E-state index contributed by atoms with van der Waals surface area (Å²) < 4.78 is 247. The molecular formula is C112H132F9N7O12S9+2. The Hall–Kier alpha value is -10.3. The molecule has 19 nitrogen and oxygen atoms in total. The fourth-order valence-corrected chi connectivity index (χ4v) is 29.6. The van der Waals surface area contributed by atoms with Crippen LogP contribution < -0.4 is 15.0 Å². The van der Waals surface area contributed by atoms with Crippen LogP contribution in [-0.4, -0.2) is 191 Å². The van der Waals surface area contributed by atoms with E-state index in [1.807, 2.05) is 57.4 Å². The second-order valence-electron chi connectivity index (χ2n) is 34.5. The third-order valence-corrected chi connectivity index (χ3v) is 39.8. The molecule has 2 fully saturated rings. The van der Waals surface area contributed by atoms with E-state index in [1.54, 1.807) is 14.2 Å². The number of nitrogens with one attached hydrogen (secondary N) is 1. The fraction of sp³-hybridized carbons (Fsp3) is 0.304. The van der Waals surface area contributed by atoms with Gasteiger partial charge in [0.05, 0.1) is 76.8 Å². The van der Waals surface area contributed by atoms with E-state index in [-0.39, 0.29) is 72.5 Å². The zero-order chi connectivity index (χ0) is 109. The number of alkyl halides is 9. The number of piperidine rings is 1. The van der Waals surface area contributed by atoms with Crippen LogP contribution in [0.2, 0.25) is 0 Å². The predicted octanol–water partition coefficient (Wildman–Crippen LogP) is 25.6. The number of aryl methyl sites for hydroxylation is 2. The van der Waals surface area contributed by atoms with Gasteiger partial charge in [0, 0.05) is 64.6 Å². The van der Waals surface area contributed by atoms with E-state index in [2.05, 4.69) is 387 Å². The highest BCUT2D eigenvalue weighted by Crippen LogP contribution is 2.54. The Morgan fingerprint density at radius 1 is 0.349 bits per heavy atom. The van der Waals surface area contributed by atoms with Gasteiger partial charge < -0.3 is 37.7 Å². The van der Waals surface area contributed by atoms with E-state index < -0.39 is 85.1 Å². The number of likely N-dealkylation sites (N-methyl/N-ethyl adjacent to an activating group) is 1. The van der Waals surface area contributed by atoms with E-state index in [4.69, 9.17) is 9.47 Å². The van der Waals surface area contributed by atoms with Crippen molar-refractivity contribution in [3.63, 3.8) is 0 Å². The Bertz CT molecular complexity index is 6100. The molecule has 0 aliphatic carbocycles. The zero-order valence-electron chi connectivity index (χ0n) is 85.0. The quantitative estimate of drug-likeness (QED) is 0.0218. The number of sulfonamides is 5. The van der Waals surface area contributed by atoms with Crippen molar-refractivity contribution in [3.8, 4) is 5.75 Å². The average molecular weight is 2230 g/mol. The van der Waals surface area contributed by atoms with Crippen LogP contribution in [0.4, 0.5) is 45.2 Å². The maximum absolute atomic E-state index is 14.0. The minimum atomic E-state index is -7.88. The van der Waals surface area contributed by atoms with Crippen molar-refractivity contribution in [1.29, 1.82) is 0 Å². The molecular weight excluding hydrogens is 2090 g/mol. The third-order valence-electron chi connectivity index (χ3n) is 22.4. The first-order valence-electron chi connectivity index (χ1n) is 48.0. The normalized spacial score (nSPS) is 13.4. The summed E-state index contributed by atoms with van der Waals surface area (Å²) in [6.45, 7) is 7.00. The van der Waals surface area contributed by atoms with Gasteiger partial charge in [-0.1, -0.05) is 256 Å². The number of ether oxygens (including phenoxy) is 2. The molecule has 13 aromatic carbocycles. The number of hydrogen-bond acceptors (Lipinski definition) is 16. The average Bonchev–Trinajstić information content (AvgIpc) is 0.708. The summed E-state index contributed by atoms with van der Waals surface area (Å²) in [5.74, 6) is -6.89. The molecule has 0 amide bonds. The van der Waals surface area contributed by atoms with Crippen LogP contribution in [0.15, 0.2) is 435 Å². The molecule has 15 rings (SSSR count). The molecule has 149 heavy (non-hydrogen) atoms. The molecule has 13 aromatic rings. The number of nitrogens with zero attached hydrogens (tertiary/aromatic N) is 6. The van der Waals surface area contributed by atoms with E-state index in [0.717, 1.165) is 57.5 Å². The molecule has 1 N–H and O–H groups in total. The van der Waals surface area contributed by atoms with Crippen molar-refractivity contribution in [1.82, 2.24) is 19.4 Å². The van der Waals surface area contributed by atoms with Crippen LogP contribution in [-0.2, 0) is 98.4 Å². The number of anilines is 1. The minimum Gasteiger partial charge on any atom is -0.497 e. The van der Waals surface area contributed by atoms with Gasteiger partial charge in [-0.05, 0) is 257 Å². The lowest BCUT2D eigenvalue weighted by Crippen LogP contribution is -2.64. The maximum atomic E-state index is 14.0. The van der Waals surface area contributed by atoms with Gasteiger partial charge in [0.1, 0.15) is 5.75 Å². The maximum Gasteiger partial charge on any atom is 0.480 e. The highest BCUT2D eigenvalue weighted by Gasteiger charge is 2.81. The van der Waals surface area contributed by atoms with Crippen molar-refractivity contribution in [3.05, 3.63) is 395 Å². The molecule has 0 bridgehead atoms. The Labute approximate surface area is 887 Å². The van der Waals surface area contributed by atoms with E-state index in [9.17, 15) is 81.6 Å². The number of piperazine rings is 1. The highest BCUT2D eigenvalue weighted by molar-refractivity contribution is 8.13. The Morgan fingerprint density at radius 3 is 0.879 bits per heavy atom. The topological polar surface area (TPSA) is 242 Å². The van der Waals surface area contributed by atoms with Gasteiger partial charge in [0.25, 0.3) is 10.0 Å². The largest absolute Gasteiger partial charge is 0.497 e.